The largest absolute Gasteiger partial charge is 1.00 e. The van der Waals surface area contributed by atoms with Crippen LogP contribution in [0.15, 0.2) is 71.8 Å². The van der Waals surface area contributed by atoms with Crippen LogP contribution in [0.1, 0.15) is 48.0 Å². The second-order valence-corrected chi connectivity index (χ2v) is 10.7. The molecule has 0 radical (unpaired) electrons. The Labute approximate surface area is 204 Å². The minimum absolute atomic E-state index is 0. The van der Waals surface area contributed by atoms with Crippen LogP contribution in [0.5, 0.6) is 0 Å². The Kier molecular flexibility index (Phi) is 12.4. The van der Waals surface area contributed by atoms with Crippen LogP contribution in [0.2, 0.25) is 0 Å². The number of halogens is 2. The summed E-state index contributed by atoms with van der Waals surface area (Å²) in [6, 6.07) is 19.3. The fourth-order valence-corrected chi connectivity index (χ4v) is 3.31. The molecule has 0 atom stereocenters. The summed E-state index contributed by atoms with van der Waals surface area (Å²) in [5.74, 6) is 0. The van der Waals surface area contributed by atoms with Crippen molar-refractivity contribution in [1.29, 1.82) is 0 Å². The van der Waals surface area contributed by atoms with Gasteiger partial charge in [0.15, 0.2) is 0 Å². The van der Waals surface area contributed by atoms with Crippen molar-refractivity contribution in [3.63, 3.8) is 0 Å². The first-order chi connectivity index (χ1) is 12.7. The summed E-state index contributed by atoms with van der Waals surface area (Å²) in [5.41, 5.74) is 3.09. The first-order valence-corrected chi connectivity index (χ1v) is 10.8. The number of benzene rings is 2. The molecule has 0 spiro atoms. The summed E-state index contributed by atoms with van der Waals surface area (Å²) in [5, 5.41) is 5.39. The molecule has 0 aromatic heterocycles. The maximum Gasteiger partial charge on any atom is -0.0771 e. The van der Waals surface area contributed by atoms with Crippen LogP contribution >= 0.6 is 0 Å². The van der Waals surface area contributed by atoms with E-state index in [2.05, 4.69) is 108 Å². The van der Waals surface area contributed by atoms with E-state index >= 15 is 0 Å². The van der Waals surface area contributed by atoms with Crippen molar-refractivity contribution >= 4 is 24.8 Å². The molecular formula is C26H30Cl2Zr-2. The summed E-state index contributed by atoms with van der Waals surface area (Å²) in [6.07, 6.45) is 6.62. The molecule has 0 aliphatic heterocycles. The standard InChI is InChI=1S/C13H9.C10H15.C3H6.2ClH.Zr/c1-3-7-12-10(5-1)9-11-6-2-4-8-13(11)12;1-8-6-5-7-9(8)10(2,3)4;1-3-2;;;/h1-9H;6H,5H2,1-4H3;1-2H3;2*1H;/q2*-1;;;;+2/p-2. The topological polar surface area (TPSA) is 0 Å². The molecule has 0 saturated heterocycles. The van der Waals surface area contributed by atoms with E-state index in [0.29, 0.717) is 0 Å². The zero-order chi connectivity index (χ0) is 20.0. The van der Waals surface area contributed by atoms with E-state index in [-0.39, 0.29) is 30.2 Å². The number of hydrogen-bond donors (Lipinski definition) is 0. The number of fused-ring (bicyclic) bond motifs is 3. The summed E-state index contributed by atoms with van der Waals surface area (Å²) >= 11 is 1.55. The maximum atomic E-state index is 3.37. The molecule has 1 aliphatic carbocycles. The van der Waals surface area contributed by atoms with Gasteiger partial charge in [0.05, 0.1) is 0 Å². The minimum atomic E-state index is 0. The van der Waals surface area contributed by atoms with Crippen LogP contribution in [0, 0.1) is 11.5 Å². The molecule has 4 rings (SSSR count). The van der Waals surface area contributed by atoms with Crippen LogP contribution < -0.4 is 24.8 Å². The van der Waals surface area contributed by atoms with Gasteiger partial charge in [0.2, 0.25) is 0 Å². The first-order valence-electron chi connectivity index (χ1n) is 9.53. The molecule has 3 heteroatoms. The van der Waals surface area contributed by atoms with E-state index in [1.54, 1.807) is 24.2 Å². The van der Waals surface area contributed by atoms with Crippen LogP contribution in [-0.4, -0.2) is 3.21 Å². The predicted octanol–water partition coefficient (Wildman–Crippen LogP) is 1.58. The Hall–Kier alpha value is -0.877. The second-order valence-electron chi connectivity index (χ2n) is 8.21. The summed E-state index contributed by atoms with van der Waals surface area (Å²) in [4.78, 5) is 0. The number of rotatable bonds is 0. The Morgan fingerprint density at radius 3 is 1.62 bits per heavy atom. The van der Waals surface area contributed by atoms with Gasteiger partial charge in [-0.05, 0) is 5.41 Å². The molecule has 1 aliphatic rings. The van der Waals surface area contributed by atoms with Crippen molar-refractivity contribution in [3.05, 3.63) is 77.9 Å². The molecule has 0 unspecified atom stereocenters. The van der Waals surface area contributed by atoms with Gasteiger partial charge in [-0.2, -0.15) is 6.08 Å². The third kappa shape index (κ3) is 8.41. The maximum absolute atomic E-state index is 3.37. The van der Waals surface area contributed by atoms with Crippen LogP contribution in [-0.2, 0) is 24.2 Å². The van der Waals surface area contributed by atoms with E-state index < -0.39 is 0 Å². The zero-order valence-electron chi connectivity index (χ0n) is 18.2. The fourth-order valence-electron chi connectivity index (χ4n) is 3.31. The molecule has 154 valence electrons. The van der Waals surface area contributed by atoms with E-state index in [1.165, 1.54) is 35.9 Å². The van der Waals surface area contributed by atoms with Gasteiger partial charge in [-0.15, -0.1) is 53.1 Å². The molecule has 0 N–H and O–H groups in total. The Morgan fingerprint density at radius 2 is 1.31 bits per heavy atom. The average Bonchev–Trinajstić information content (AvgIpc) is 3.18. The van der Waals surface area contributed by atoms with Crippen molar-refractivity contribution in [1.82, 2.24) is 0 Å². The van der Waals surface area contributed by atoms with E-state index in [0.717, 1.165) is 6.42 Å². The van der Waals surface area contributed by atoms with Crippen LogP contribution in [0.4, 0.5) is 0 Å². The van der Waals surface area contributed by atoms with E-state index in [1.807, 2.05) is 0 Å². The molecule has 3 aromatic rings. The van der Waals surface area contributed by atoms with Gasteiger partial charge in [-0.3, -0.25) is 6.08 Å². The molecule has 29 heavy (non-hydrogen) atoms. The molecule has 0 fully saturated rings. The van der Waals surface area contributed by atoms with Gasteiger partial charge in [-0.25, -0.2) is 11.1 Å². The third-order valence-electron chi connectivity index (χ3n) is 4.35. The van der Waals surface area contributed by atoms with Crippen LogP contribution in [0.3, 0.4) is 0 Å². The Morgan fingerprint density at radius 1 is 0.897 bits per heavy atom. The van der Waals surface area contributed by atoms with Gasteiger partial charge in [0, 0.05) is 0 Å². The second kappa shape index (κ2) is 12.7. The molecule has 3 aromatic carbocycles. The SMILES string of the molecule is CC1=CC[C-]=C1C(C)(C)C.C[C](C)=[Zr+2].[Cl-].[Cl-].c1ccc2c(c1)[cH-]c1ccccc12. The van der Waals surface area contributed by atoms with E-state index in [4.69, 9.17) is 0 Å². The fraction of sp³-hybridized carbons (Fsp3) is 0.308. The molecule has 0 amide bonds. The normalized spacial score (nSPS) is 12.4. The smallest absolute Gasteiger partial charge is 0.0771 e. The molecule has 0 saturated carbocycles. The monoisotopic (exact) mass is 502 g/mol. The van der Waals surface area contributed by atoms with Gasteiger partial charge in [0.25, 0.3) is 0 Å². The predicted molar refractivity (Wildman–Crippen MR) is 118 cm³/mol. The quantitative estimate of drug-likeness (QED) is 0.408. The van der Waals surface area contributed by atoms with Crippen molar-refractivity contribution < 1.29 is 49.0 Å². The van der Waals surface area contributed by atoms with Crippen molar-refractivity contribution in [2.45, 2.75) is 48.0 Å². The summed E-state index contributed by atoms with van der Waals surface area (Å²) < 4.78 is 1.51. The minimum Gasteiger partial charge on any atom is -1.00 e. The van der Waals surface area contributed by atoms with E-state index in [9.17, 15) is 0 Å². The van der Waals surface area contributed by atoms with Crippen molar-refractivity contribution in [3.8, 4) is 0 Å². The molecule has 0 heterocycles. The number of hydrogen-bond acceptors (Lipinski definition) is 0. The van der Waals surface area contributed by atoms with Gasteiger partial charge < -0.3 is 24.8 Å². The first kappa shape index (κ1) is 28.1. The van der Waals surface area contributed by atoms with Gasteiger partial charge in [-0.1, -0.05) is 57.2 Å². The van der Waals surface area contributed by atoms with Gasteiger partial charge >= 0.3 is 41.3 Å². The third-order valence-corrected chi connectivity index (χ3v) is 4.35. The summed E-state index contributed by atoms with van der Waals surface area (Å²) in [7, 11) is 0. The molecular weight excluding hydrogens is 474 g/mol. The zero-order valence-corrected chi connectivity index (χ0v) is 22.2. The van der Waals surface area contributed by atoms with Crippen molar-refractivity contribution in [2.75, 3.05) is 0 Å². The van der Waals surface area contributed by atoms with Gasteiger partial charge in [0.1, 0.15) is 0 Å². The number of allylic oxidation sites excluding steroid dienone is 4. The van der Waals surface area contributed by atoms with Crippen molar-refractivity contribution in [2.24, 2.45) is 5.41 Å². The summed E-state index contributed by atoms with van der Waals surface area (Å²) in [6.45, 7) is 13.1. The molecule has 0 nitrogen and oxygen atoms in total. The average molecular weight is 505 g/mol. The van der Waals surface area contributed by atoms with Crippen LogP contribution in [0.25, 0.3) is 21.5 Å². The Balaban J connectivity index is 0.000000443. The molecule has 0 bridgehead atoms. The Bertz CT molecular complexity index is 930.